The van der Waals surface area contributed by atoms with Crippen molar-refractivity contribution < 1.29 is 14.3 Å². The molecule has 0 aliphatic carbocycles. The summed E-state index contributed by atoms with van der Waals surface area (Å²) in [7, 11) is 0. The topological polar surface area (TPSA) is 71.5 Å². The maximum absolute atomic E-state index is 12.8. The molecular formula is C21H21N3O3S. The van der Waals surface area contributed by atoms with Gasteiger partial charge in [0.15, 0.2) is 0 Å². The lowest BCUT2D eigenvalue weighted by Crippen LogP contribution is -2.39. The van der Waals surface area contributed by atoms with Gasteiger partial charge in [-0.3, -0.25) is 9.78 Å². The van der Waals surface area contributed by atoms with Crippen molar-refractivity contribution in [2.45, 2.75) is 19.9 Å². The molecule has 2 aromatic heterocycles. The Morgan fingerprint density at radius 3 is 3.00 bits per heavy atom. The fourth-order valence-electron chi connectivity index (χ4n) is 3.43. The van der Waals surface area contributed by atoms with Gasteiger partial charge in [-0.15, -0.1) is 11.3 Å². The quantitative estimate of drug-likeness (QED) is 0.670. The molecule has 0 atom stereocenters. The lowest BCUT2D eigenvalue weighted by atomic mass is 10.1. The summed E-state index contributed by atoms with van der Waals surface area (Å²) in [4.78, 5) is 32.7. The highest BCUT2D eigenvalue weighted by molar-refractivity contribution is 7.10. The van der Waals surface area contributed by atoms with E-state index in [1.54, 1.807) is 18.3 Å². The number of ether oxygens (including phenoxy) is 1. The molecular weight excluding hydrogens is 374 g/mol. The highest BCUT2D eigenvalue weighted by atomic mass is 32.1. The molecule has 1 aliphatic rings. The Balaban J connectivity index is 1.56. The molecule has 0 fully saturated rings. The van der Waals surface area contributed by atoms with Crippen LogP contribution in [0.3, 0.4) is 0 Å². The predicted molar refractivity (Wildman–Crippen MR) is 110 cm³/mol. The molecule has 3 heterocycles. The highest BCUT2D eigenvalue weighted by Crippen LogP contribution is 2.27. The van der Waals surface area contributed by atoms with E-state index < -0.39 is 5.97 Å². The van der Waals surface area contributed by atoms with Gasteiger partial charge >= 0.3 is 5.97 Å². The Kier molecular flexibility index (Phi) is 5.25. The van der Waals surface area contributed by atoms with Crippen LogP contribution in [0, 0.1) is 0 Å². The van der Waals surface area contributed by atoms with E-state index in [0.29, 0.717) is 17.8 Å². The molecule has 0 radical (unpaired) electrons. The van der Waals surface area contributed by atoms with Crippen LogP contribution in [0.2, 0.25) is 0 Å². The van der Waals surface area contributed by atoms with E-state index in [1.807, 2.05) is 29.2 Å². The minimum Gasteiger partial charge on any atom is -0.462 e. The maximum atomic E-state index is 12.8. The van der Waals surface area contributed by atoms with Gasteiger partial charge in [-0.05, 0) is 36.4 Å². The van der Waals surface area contributed by atoms with E-state index in [1.165, 1.54) is 16.6 Å². The number of esters is 1. The van der Waals surface area contributed by atoms with Crippen LogP contribution in [0.25, 0.3) is 10.9 Å². The summed E-state index contributed by atoms with van der Waals surface area (Å²) in [6, 6.07) is 9.62. The third kappa shape index (κ3) is 3.57. The normalized spacial score (nSPS) is 13.2. The van der Waals surface area contributed by atoms with Crippen LogP contribution in [0.5, 0.6) is 0 Å². The summed E-state index contributed by atoms with van der Waals surface area (Å²) in [5, 5.41) is 6.05. The van der Waals surface area contributed by atoms with Gasteiger partial charge in [0, 0.05) is 29.5 Å². The second-order valence-electron chi connectivity index (χ2n) is 6.57. The lowest BCUT2D eigenvalue weighted by molar-refractivity contribution is -0.130. The highest BCUT2D eigenvalue weighted by Gasteiger charge is 2.22. The average Bonchev–Trinajstić information content (AvgIpc) is 3.19. The lowest BCUT2D eigenvalue weighted by Gasteiger charge is -2.27. The van der Waals surface area contributed by atoms with Crippen LogP contribution in [0.15, 0.2) is 41.9 Å². The first-order valence-electron chi connectivity index (χ1n) is 9.29. The number of benzene rings is 1. The molecule has 0 saturated heterocycles. The number of para-hydroxylation sites is 1. The van der Waals surface area contributed by atoms with E-state index >= 15 is 0 Å². The smallest absolute Gasteiger partial charge is 0.341 e. The molecule has 0 bridgehead atoms. The Labute approximate surface area is 167 Å². The van der Waals surface area contributed by atoms with Crippen molar-refractivity contribution in [2.24, 2.45) is 0 Å². The van der Waals surface area contributed by atoms with Crippen molar-refractivity contribution in [3.8, 4) is 0 Å². The van der Waals surface area contributed by atoms with Gasteiger partial charge in [0.1, 0.15) is 5.56 Å². The molecule has 3 aromatic rings. The molecule has 1 aliphatic heterocycles. The fraction of sp³-hybridized carbons (Fsp3) is 0.286. The van der Waals surface area contributed by atoms with Gasteiger partial charge in [-0.1, -0.05) is 18.2 Å². The fourth-order valence-corrected chi connectivity index (χ4v) is 4.32. The van der Waals surface area contributed by atoms with Crippen molar-refractivity contribution in [3.63, 3.8) is 0 Å². The monoisotopic (exact) mass is 395 g/mol. The Morgan fingerprint density at radius 1 is 1.29 bits per heavy atom. The average molecular weight is 395 g/mol. The number of amides is 1. The number of carbonyl (C=O) groups is 2. The zero-order valence-electron chi connectivity index (χ0n) is 15.6. The number of carbonyl (C=O) groups excluding carboxylic acids is 2. The largest absolute Gasteiger partial charge is 0.462 e. The predicted octanol–water partition coefficient (Wildman–Crippen LogP) is 3.47. The molecule has 7 heteroatoms. The van der Waals surface area contributed by atoms with E-state index in [0.717, 1.165) is 23.9 Å². The van der Waals surface area contributed by atoms with Crippen LogP contribution >= 0.6 is 11.3 Å². The van der Waals surface area contributed by atoms with Gasteiger partial charge in [-0.25, -0.2) is 4.79 Å². The van der Waals surface area contributed by atoms with Gasteiger partial charge in [0.05, 0.1) is 24.4 Å². The molecule has 0 unspecified atom stereocenters. The zero-order chi connectivity index (χ0) is 19.5. The van der Waals surface area contributed by atoms with Crippen molar-refractivity contribution in [2.75, 3.05) is 25.0 Å². The number of anilines is 1. The second-order valence-corrected chi connectivity index (χ2v) is 7.57. The third-order valence-electron chi connectivity index (χ3n) is 4.85. The number of hydrogen-bond acceptors (Lipinski definition) is 6. The molecule has 4 rings (SSSR count). The first-order valence-corrected chi connectivity index (χ1v) is 10.2. The number of pyridine rings is 1. The van der Waals surface area contributed by atoms with Crippen LogP contribution in [-0.2, 0) is 22.5 Å². The molecule has 6 nitrogen and oxygen atoms in total. The molecule has 1 aromatic carbocycles. The molecule has 28 heavy (non-hydrogen) atoms. The first-order chi connectivity index (χ1) is 13.7. The summed E-state index contributed by atoms with van der Waals surface area (Å²) < 4.78 is 5.16. The van der Waals surface area contributed by atoms with Crippen LogP contribution in [-0.4, -0.2) is 41.5 Å². The minimum absolute atomic E-state index is 0.00699. The SMILES string of the molecule is CCOC(=O)c1cnc2ccccc2c1NCC(=O)N1CCc2sccc2C1. The third-order valence-corrected chi connectivity index (χ3v) is 5.87. The molecule has 144 valence electrons. The number of rotatable bonds is 5. The van der Waals surface area contributed by atoms with Crippen LogP contribution < -0.4 is 5.32 Å². The van der Waals surface area contributed by atoms with E-state index in [-0.39, 0.29) is 19.1 Å². The van der Waals surface area contributed by atoms with E-state index in [2.05, 4.69) is 21.7 Å². The number of nitrogens with one attached hydrogen (secondary N) is 1. The molecule has 1 amide bonds. The number of hydrogen-bond donors (Lipinski definition) is 1. The van der Waals surface area contributed by atoms with Crippen LogP contribution in [0.1, 0.15) is 27.7 Å². The van der Waals surface area contributed by atoms with Crippen molar-refractivity contribution in [1.29, 1.82) is 0 Å². The second kappa shape index (κ2) is 7.98. The summed E-state index contributed by atoms with van der Waals surface area (Å²) in [6.45, 7) is 3.51. The molecule has 1 N–H and O–H groups in total. The Bertz CT molecular complexity index is 1030. The number of fused-ring (bicyclic) bond motifs is 2. The van der Waals surface area contributed by atoms with Gasteiger partial charge in [0.2, 0.25) is 5.91 Å². The number of aromatic nitrogens is 1. The van der Waals surface area contributed by atoms with Crippen molar-refractivity contribution in [3.05, 3.63) is 57.9 Å². The summed E-state index contributed by atoms with van der Waals surface area (Å²) >= 11 is 1.75. The summed E-state index contributed by atoms with van der Waals surface area (Å²) in [5.74, 6) is -0.441. The van der Waals surface area contributed by atoms with Gasteiger partial charge < -0.3 is 15.0 Å². The number of nitrogens with zero attached hydrogens (tertiary/aromatic N) is 2. The van der Waals surface area contributed by atoms with E-state index in [9.17, 15) is 9.59 Å². The van der Waals surface area contributed by atoms with Gasteiger partial charge in [0.25, 0.3) is 0 Å². The summed E-state index contributed by atoms with van der Waals surface area (Å²) in [5.41, 5.74) is 2.91. The molecule has 0 saturated carbocycles. The first kappa shape index (κ1) is 18.4. The van der Waals surface area contributed by atoms with Gasteiger partial charge in [-0.2, -0.15) is 0 Å². The van der Waals surface area contributed by atoms with E-state index in [4.69, 9.17) is 4.74 Å². The molecule has 0 spiro atoms. The number of thiophene rings is 1. The summed E-state index contributed by atoms with van der Waals surface area (Å²) in [6.07, 6.45) is 2.40. The van der Waals surface area contributed by atoms with Crippen molar-refractivity contribution in [1.82, 2.24) is 9.88 Å². The Hall–Kier alpha value is -2.93. The van der Waals surface area contributed by atoms with Crippen molar-refractivity contribution >= 4 is 39.8 Å². The maximum Gasteiger partial charge on any atom is 0.341 e. The zero-order valence-corrected chi connectivity index (χ0v) is 16.4. The Morgan fingerprint density at radius 2 is 2.14 bits per heavy atom. The standard InChI is InChI=1S/C21H21N3O3S/c1-2-27-21(26)16-11-22-17-6-4-3-5-15(17)20(16)23-12-19(25)24-9-7-18-14(13-24)8-10-28-18/h3-6,8,10-11H,2,7,9,12-13H2,1H3,(H,22,23). The van der Waals surface area contributed by atoms with Crippen LogP contribution in [0.4, 0.5) is 5.69 Å². The minimum atomic E-state index is -0.448.